The lowest BCUT2D eigenvalue weighted by Gasteiger charge is -2.47. The van der Waals surface area contributed by atoms with Crippen molar-refractivity contribution in [3.63, 3.8) is 0 Å². The third-order valence-electron chi connectivity index (χ3n) is 14.4. The lowest BCUT2D eigenvalue weighted by Crippen LogP contribution is -2.53. The van der Waals surface area contributed by atoms with Crippen molar-refractivity contribution in [1.29, 1.82) is 0 Å². The molecule has 1 saturated carbocycles. The highest BCUT2D eigenvalue weighted by atomic mass is 35.5. The second-order valence-electron chi connectivity index (χ2n) is 19.0. The smallest absolute Gasteiger partial charge is 0.329 e. The molecule has 346 valence electrons. The summed E-state index contributed by atoms with van der Waals surface area (Å²) in [6, 6.07) is 27.8. The number of ether oxygens (including phenoxy) is 4. The van der Waals surface area contributed by atoms with Gasteiger partial charge in [-0.2, -0.15) is 0 Å². The van der Waals surface area contributed by atoms with Crippen molar-refractivity contribution >= 4 is 29.2 Å². The second kappa shape index (κ2) is 20.0. The average Bonchev–Trinajstić information content (AvgIpc) is 3.61. The highest BCUT2D eigenvalue weighted by Gasteiger charge is 2.54. The van der Waals surface area contributed by atoms with Crippen LogP contribution < -0.4 is 29.6 Å². The molecular formula is C54H61ClN4O7. The molecule has 1 unspecified atom stereocenters. The van der Waals surface area contributed by atoms with E-state index in [-0.39, 0.29) is 17.2 Å². The first-order valence-electron chi connectivity index (χ1n) is 23.8. The number of aryl methyl sites for hydroxylation is 1. The molecule has 1 spiro atoms. The van der Waals surface area contributed by atoms with E-state index in [9.17, 15) is 14.7 Å². The number of carbonyl (C=O) groups is 2. The number of amides is 1. The summed E-state index contributed by atoms with van der Waals surface area (Å²) in [5, 5.41) is 17.8. The van der Waals surface area contributed by atoms with E-state index in [4.69, 9.17) is 30.5 Å². The summed E-state index contributed by atoms with van der Waals surface area (Å²) >= 11 is 6.33. The fourth-order valence-electron chi connectivity index (χ4n) is 11.0. The first kappa shape index (κ1) is 45.4. The van der Waals surface area contributed by atoms with Gasteiger partial charge in [-0.05, 0) is 165 Å². The van der Waals surface area contributed by atoms with Gasteiger partial charge in [0.05, 0.1) is 18.9 Å². The van der Waals surface area contributed by atoms with Gasteiger partial charge in [0.25, 0.3) is 5.88 Å². The molecule has 12 heteroatoms. The van der Waals surface area contributed by atoms with Gasteiger partial charge in [-0.15, -0.1) is 0 Å². The van der Waals surface area contributed by atoms with E-state index in [2.05, 4.69) is 64.8 Å². The maximum atomic E-state index is 13.1. The van der Waals surface area contributed by atoms with E-state index in [1.807, 2.05) is 48.7 Å². The first-order chi connectivity index (χ1) is 32.1. The standard InChI is InChI=1S/C54H61ClN4O7/c1-35(34-66-47-19-25-56-46-12-3-7-36(2)50(46)47)29-40-31-38-14-15-43(33-44(38)53(40)20-22-54(23-21-53,52(61)62)59-42-11-5-10-41(55)32-42)63-26-6-13-49(60)57-24-18-37-8-4-9-39(30-37)45-16-17-48-51(58-45)65-28-27-64-48/h4-5,8-11,14-17,19,25,30,32-33,35-36,40,59H,3,6-7,12-13,18,20-24,26-29,31,34H2,1-2H3,(H,57,60)(H,61,62)/t35-,36-,40?,53?,54?/m1/s1. The van der Waals surface area contributed by atoms with Crippen LogP contribution in [-0.2, 0) is 34.3 Å². The van der Waals surface area contributed by atoms with Gasteiger partial charge in [0.2, 0.25) is 5.91 Å². The van der Waals surface area contributed by atoms with Crippen LogP contribution >= 0.6 is 11.6 Å². The number of nitrogens with zero attached hydrogens (tertiary/aromatic N) is 2. The number of pyridine rings is 2. The van der Waals surface area contributed by atoms with Crippen molar-refractivity contribution in [3.8, 4) is 34.4 Å². The fraction of sp³-hybridized carbons (Fsp3) is 0.444. The molecule has 5 aromatic rings. The van der Waals surface area contributed by atoms with Crippen molar-refractivity contribution in [2.75, 3.05) is 38.3 Å². The Kier molecular flexibility index (Phi) is 13.7. The lowest BCUT2D eigenvalue weighted by atomic mass is 9.59. The molecule has 1 fully saturated rings. The fourth-order valence-corrected chi connectivity index (χ4v) is 11.2. The molecule has 0 bridgehead atoms. The number of anilines is 1. The quantitative estimate of drug-likeness (QED) is 0.0772. The summed E-state index contributed by atoms with van der Waals surface area (Å²) in [6.45, 7) is 7.11. The third-order valence-corrected chi connectivity index (χ3v) is 14.7. The number of carbonyl (C=O) groups excluding carboxylic acids is 1. The van der Waals surface area contributed by atoms with E-state index in [0.717, 1.165) is 73.3 Å². The van der Waals surface area contributed by atoms with E-state index in [1.54, 1.807) is 12.1 Å². The Morgan fingerprint density at radius 1 is 0.970 bits per heavy atom. The highest BCUT2D eigenvalue weighted by Crippen LogP contribution is 2.57. The summed E-state index contributed by atoms with van der Waals surface area (Å²) in [4.78, 5) is 35.4. The molecule has 0 radical (unpaired) electrons. The number of fused-ring (bicyclic) bond motifs is 4. The summed E-state index contributed by atoms with van der Waals surface area (Å²) in [6.07, 6.45) is 11.1. The van der Waals surface area contributed by atoms with Gasteiger partial charge in [-0.3, -0.25) is 9.78 Å². The molecule has 9 rings (SSSR count). The first-order valence-corrected chi connectivity index (χ1v) is 24.2. The number of nitrogens with one attached hydrogen (secondary N) is 2. The van der Waals surface area contributed by atoms with Gasteiger partial charge in [-0.25, -0.2) is 9.78 Å². The predicted octanol–water partition coefficient (Wildman–Crippen LogP) is 10.6. The monoisotopic (exact) mass is 912 g/mol. The van der Waals surface area contributed by atoms with E-state index < -0.39 is 11.5 Å². The van der Waals surface area contributed by atoms with Gasteiger partial charge in [-0.1, -0.05) is 55.8 Å². The van der Waals surface area contributed by atoms with Crippen molar-refractivity contribution in [2.24, 2.45) is 11.8 Å². The van der Waals surface area contributed by atoms with Gasteiger partial charge in [0, 0.05) is 46.7 Å². The molecule has 4 aliphatic rings. The van der Waals surface area contributed by atoms with Crippen LogP contribution in [0, 0.1) is 11.8 Å². The number of hydrogen-bond donors (Lipinski definition) is 3. The van der Waals surface area contributed by atoms with E-state index >= 15 is 0 Å². The molecule has 1 amide bonds. The van der Waals surface area contributed by atoms with Crippen LogP contribution in [-0.4, -0.2) is 65.5 Å². The van der Waals surface area contributed by atoms with Gasteiger partial charge < -0.3 is 34.7 Å². The van der Waals surface area contributed by atoms with Crippen molar-refractivity contribution in [1.82, 2.24) is 15.3 Å². The molecule has 66 heavy (non-hydrogen) atoms. The minimum absolute atomic E-state index is 0.00839. The number of carboxylic acid groups (broad SMARTS) is 1. The van der Waals surface area contributed by atoms with Gasteiger partial charge in [0.15, 0.2) is 5.75 Å². The minimum atomic E-state index is -1.11. The molecule has 2 aromatic heterocycles. The zero-order chi connectivity index (χ0) is 45.7. The zero-order valence-electron chi connectivity index (χ0n) is 38.1. The number of aliphatic carboxylic acids is 1. The van der Waals surface area contributed by atoms with E-state index in [0.29, 0.717) is 99.3 Å². The number of aromatic nitrogens is 2. The molecule has 3 atom stereocenters. The minimum Gasteiger partial charge on any atom is -0.494 e. The molecule has 1 aliphatic heterocycles. The number of rotatable bonds is 17. The van der Waals surface area contributed by atoms with Gasteiger partial charge >= 0.3 is 5.97 Å². The Morgan fingerprint density at radius 2 is 1.82 bits per heavy atom. The van der Waals surface area contributed by atoms with Crippen molar-refractivity contribution in [3.05, 3.63) is 124 Å². The third kappa shape index (κ3) is 9.97. The molecule has 3 N–H and O–H groups in total. The number of carboxylic acids is 1. The summed E-state index contributed by atoms with van der Waals surface area (Å²) < 4.78 is 24.3. The lowest BCUT2D eigenvalue weighted by molar-refractivity contribution is -0.144. The van der Waals surface area contributed by atoms with Crippen LogP contribution in [0.3, 0.4) is 0 Å². The van der Waals surface area contributed by atoms with Crippen LogP contribution in [0.5, 0.6) is 23.1 Å². The number of halogens is 1. The summed E-state index contributed by atoms with van der Waals surface area (Å²) in [5.74, 6) is 3.08. The van der Waals surface area contributed by atoms with E-state index in [1.165, 1.54) is 22.4 Å². The van der Waals surface area contributed by atoms with Crippen LogP contribution in [0.15, 0.2) is 91.1 Å². The Labute approximate surface area is 393 Å². The van der Waals surface area contributed by atoms with Crippen molar-refractivity contribution < 1.29 is 33.6 Å². The Balaban J connectivity index is 0.825. The predicted molar refractivity (Wildman–Crippen MR) is 256 cm³/mol. The van der Waals surface area contributed by atoms with Crippen molar-refractivity contribution in [2.45, 2.75) is 108 Å². The Bertz CT molecular complexity index is 2540. The SMILES string of the molecule is C[C@@H](COc1ccnc2c1[C@H](C)CCC2)CC1Cc2ccc(OCCCC(=O)NCCc3cccc(-c4ccc5c(n4)OCCO5)c3)cc2C12CCC(Nc1cccc(Cl)c1)(C(=O)O)CC2. The number of hydrogen-bond acceptors (Lipinski definition) is 9. The molecular weight excluding hydrogens is 852 g/mol. The van der Waals surface area contributed by atoms with Crippen LogP contribution in [0.2, 0.25) is 5.02 Å². The Hall–Kier alpha value is -5.81. The Morgan fingerprint density at radius 3 is 2.67 bits per heavy atom. The maximum Gasteiger partial charge on any atom is 0.329 e. The highest BCUT2D eigenvalue weighted by molar-refractivity contribution is 6.30. The maximum absolute atomic E-state index is 13.1. The molecule has 3 aliphatic carbocycles. The summed E-state index contributed by atoms with van der Waals surface area (Å²) in [5.41, 5.74) is 7.29. The molecule has 3 aromatic carbocycles. The average molecular weight is 914 g/mol. The largest absolute Gasteiger partial charge is 0.494 e. The molecule has 3 heterocycles. The summed E-state index contributed by atoms with van der Waals surface area (Å²) in [7, 11) is 0. The van der Waals surface area contributed by atoms with Crippen LogP contribution in [0.1, 0.15) is 106 Å². The normalized spacial score (nSPS) is 22.2. The molecule has 0 saturated heterocycles. The van der Waals surface area contributed by atoms with Crippen LogP contribution in [0.4, 0.5) is 5.69 Å². The number of benzene rings is 3. The van der Waals surface area contributed by atoms with Crippen LogP contribution in [0.25, 0.3) is 11.3 Å². The second-order valence-corrected chi connectivity index (χ2v) is 19.4. The zero-order valence-corrected chi connectivity index (χ0v) is 38.8. The topological polar surface area (TPSA) is 141 Å². The van der Waals surface area contributed by atoms with Gasteiger partial charge in [0.1, 0.15) is 30.3 Å². The molecule has 11 nitrogen and oxygen atoms in total.